The number of amides is 1. The maximum Gasteiger partial charge on any atom is 0.305 e. The van der Waals surface area contributed by atoms with Crippen LogP contribution in [0.5, 0.6) is 0 Å². The molecule has 1 amide bonds. The molecule has 0 aromatic rings. The lowest BCUT2D eigenvalue weighted by atomic mass is 10.0. The summed E-state index contributed by atoms with van der Waals surface area (Å²) in [7, 11) is 0. The molecule has 0 aliphatic carbocycles. The van der Waals surface area contributed by atoms with Crippen LogP contribution >= 0.6 is 0 Å². The molecule has 0 saturated heterocycles. The van der Waals surface area contributed by atoms with Crippen molar-refractivity contribution in [2.45, 2.75) is 411 Å². The van der Waals surface area contributed by atoms with Gasteiger partial charge in [0.1, 0.15) is 0 Å². The van der Waals surface area contributed by atoms with E-state index in [4.69, 9.17) is 4.74 Å². The number of carbonyl (C=O) groups is 2. The van der Waals surface area contributed by atoms with Gasteiger partial charge in [-0.15, -0.1) is 0 Å². The Labute approximate surface area is 500 Å². The molecule has 0 heterocycles. The molecular weight excluding hydrogens is 983 g/mol. The van der Waals surface area contributed by atoms with E-state index in [2.05, 4.69) is 43.5 Å². The molecule has 0 aliphatic heterocycles. The topological polar surface area (TPSA) is 95.9 Å². The molecule has 0 saturated carbocycles. The molecule has 0 aliphatic rings. The highest BCUT2D eigenvalue weighted by molar-refractivity contribution is 5.76. The number of esters is 1. The van der Waals surface area contributed by atoms with E-state index < -0.39 is 12.1 Å². The lowest BCUT2D eigenvalue weighted by molar-refractivity contribution is -0.143. The van der Waals surface area contributed by atoms with Crippen LogP contribution in [0.1, 0.15) is 399 Å². The zero-order valence-corrected chi connectivity index (χ0v) is 54.1. The van der Waals surface area contributed by atoms with Gasteiger partial charge >= 0.3 is 5.97 Å². The van der Waals surface area contributed by atoms with Crippen molar-refractivity contribution >= 4 is 11.9 Å². The third-order valence-corrected chi connectivity index (χ3v) is 16.9. The summed E-state index contributed by atoms with van der Waals surface area (Å²) in [5, 5.41) is 23.1. The highest BCUT2D eigenvalue weighted by Crippen LogP contribution is 2.18. The highest BCUT2D eigenvalue weighted by atomic mass is 16.5. The molecule has 6 nitrogen and oxygen atoms in total. The number of aliphatic hydroxyl groups excluding tert-OH is 2. The summed E-state index contributed by atoms with van der Waals surface area (Å²) in [4.78, 5) is 24.6. The van der Waals surface area contributed by atoms with Crippen molar-refractivity contribution in [3.8, 4) is 0 Å². The van der Waals surface area contributed by atoms with Crippen LogP contribution in [-0.4, -0.2) is 47.4 Å². The van der Waals surface area contributed by atoms with Gasteiger partial charge in [0, 0.05) is 12.8 Å². The predicted octanol–water partition coefficient (Wildman–Crippen LogP) is 23.5. The molecule has 2 atom stereocenters. The Kier molecular flexibility index (Phi) is 67.9. The maximum absolute atomic E-state index is 12.5. The van der Waals surface area contributed by atoms with E-state index in [1.54, 1.807) is 6.08 Å². The van der Waals surface area contributed by atoms with Gasteiger partial charge in [0.05, 0.1) is 25.4 Å². The molecule has 0 radical (unpaired) electrons. The minimum atomic E-state index is -0.842. The lowest BCUT2D eigenvalue weighted by Gasteiger charge is -2.20. The van der Waals surface area contributed by atoms with Crippen LogP contribution in [-0.2, 0) is 14.3 Å². The fourth-order valence-electron chi connectivity index (χ4n) is 11.3. The summed E-state index contributed by atoms with van der Waals surface area (Å²) in [6.45, 7) is 4.92. The lowest BCUT2D eigenvalue weighted by Crippen LogP contribution is -2.45. The number of nitrogens with one attached hydrogen (secondary N) is 1. The van der Waals surface area contributed by atoms with Crippen molar-refractivity contribution in [3.05, 3.63) is 36.5 Å². The Morgan fingerprint density at radius 3 is 0.887 bits per heavy atom. The van der Waals surface area contributed by atoms with Gasteiger partial charge < -0.3 is 20.3 Å². The minimum Gasteiger partial charge on any atom is -0.466 e. The first kappa shape index (κ1) is 78.1. The van der Waals surface area contributed by atoms with Gasteiger partial charge in [-0.25, -0.2) is 0 Å². The maximum atomic E-state index is 12.5. The second kappa shape index (κ2) is 69.6. The molecular formula is C74H141NO5. The van der Waals surface area contributed by atoms with Crippen molar-refractivity contribution in [1.82, 2.24) is 5.32 Å². The van der Waals surface area contributed by atoms with E-state index in [-0.39, 0.29) is 18.5 Å². The Morgan fingerprint density at radius 2 is 0.588 bits per heavy atom. The quantitative estimate of drug-likeness (QED) is 0.0320. The van der Waals surface area contributed by atoms with E-state index >= 15 is 0 Å². The molecule has 0 bridgehead atoms. The van der Waals surface area contributed by atoms with Gasteiger partial charge in [0.2, 0.25) is 5.91 Å². The zero-order valence-electron chi connectivity index (χ0n) is 54.1. The number of hydrogen-bond donors (Lipinski definition) is 3. The van der Waals surface area contributed by atoms with Crippen molar-refractivity contribution in [2.75, 3.05) is 13.2 Å². The smallest absolute Gasteiger partial charge is 0.305 e. The van der Waals surface area contributed by atoms with Crippen LogP contribution in [0, 0.1) is 0 Å². The number of ether oxygens (including phenoxy) is 1. The van der Waals surface area contributed by atoms with E-state index in [0.717, 1.165) is 44.9 Å². The molecule has 2 unspecified atom stereocenters. The average molecular weight is 1120 g/mol. The summed E-state index contributed by atoms with van der Waals surface area (Å²) in [6.07, 6.45) is 89.5. The average Bonchev–Trinajstić information content (AvgIpc) is 3.46. The Bertz CT molecular complexity index is 1300. The van der Waals surface area contributed by atoms with Crippen molar-refractivity contribution in [1.29, 1.82) is 0 Å². The monoisotopic (exact) mass is 1120 g/mol. The fraction of sp³-hybridized carbons (Fsp3) is 0.892. The number of unbranched alkanes of at least 4 members (excludes halogenated alkanes) is 53. The molecule has 472 valence electrons. The van der Waals surface area contributed by atoms with Gasteiger partial charge in [-0.05, 0) is 83.5 Å². The number of allylic oxidation sites excluding steroid dienone is 5. The Hall–Kier alpha value is -1.92. The van der Waals surface area contributed by atoms with Crippen molar-refractivity contribution in [2.24, 2.45) is 0 Å². The molecule has 0 aromatic carbocycles. The molecule has 0 aromatic heterocycles. The molecule has 80 heavy (non-hydrogen) atoms. The molecule has 3 N–H and O–H groups in total. The van der Waals surface area contributed by atoms with Crippen molar-refractivity contribution in [3.63, 3.8) is 0 Å². The van der Waals surface area contributed by atoms with Gasteiger partial charge in [-0.1, -0.05) is 339 Å². The van der Waals surface area contributed by atoms with Crippen LogP contribution in [0.4, 0.5) is 0 Å². The van der Waals surface area contributed by atoms with Crippen LogP contribution in [0.25, 0.3) is 0 Å². The number of rotatable bonds is 68. The Morgan fingerprint density at radius 1 is 0.338 bits per heavy atom. The number of aliphatic hydroxyl groups is 2. The zero-order chi connectivity index (χ0) is 57.8. The van der Waals surface area contributed by atoms with E-state index in [1.165, 1.54) is 327 Å². The fourth-order valence-corrected chi connectivity index (χ4v) is 11.3. The molecule has 6 heteroatoms. The minimum absolute atomic E-state index is 0.0155. The van der Waals surface area contributed by atoms with Crippen LogP contribution in [0.2, 0.25) is 0 Å². The second-order valence-corrected chi connectivity index (χ2v) is 24.9. The van der Waals surface area contributed by atoms with E-state index in [0.29, 0.717) is 19.4 Å². The van der Waals surface area contributed by atoms with Gasteiger partial charge in [0.15, 0.2) is 0 Å². The third-order valence-electron chi connectivity index (χ3n) is 16.9. The second-order valence-electron chi connectivity index (χ2n) is 24.9. The first-order valence-electron chi connectivity index (χ1n) is 36.3. The predicted molar refractivity (Wildman–Crippen MR) is 352 cm³/mol. The summed E-state index contributed by atoms with van der Waals surface area (Å²) < 4.78 is 5.51. The van der Waals surface area contributed by atoms with E-state index in [9.17, 15) is 19.8 Å². The van der Waals surface area contributed by atoms with Gasteiger partial charge in [-0.3, -0.25) is 9.59 Å². The first-order chi connectivity index (χ1) is 39.5. The summed E-state index contributed by atoms with van der Waals surface area (Å²) in [6, 6.07) is -0.625. The number of carbonyl (C=O) groups excluding carboxylic acids is 2. The molecule has 0 spiro atoms. The van der Waals surface area contributed by atoms with Gasteiger partial charge in [0.25, 0.3) is 0 Å². The largest absolute Gasteiger partial charge is 0.466 e. The normalized spacial score (nSPS) is 12.7. The van der Waals surface area contributed by atoms with Crippen LogP contribution < -0.4 is 5.32 Å². The van der Waals surface area contributed by atoms with Crippen LogP contribution in [0.3, 0.4) is 0 Å². The summed E-state index contributed by atoms with van der Waals surface area (Å²) in [5.41, 5.74) is 0. The van der Waals surface area contributed by atoms with E-state index in [1.807, 2.05) is 6.08 Å². The standard InChI is InChI=1S/C74H141NO5/c1-3-5-7-9-11-13-15-17-18-19-37-40-44-48-52-56-60-64-68-74(79)80-69-65-61-57-53-49-45-41-38-35-33-31-29-27-25-23-21-20-22-24-26-28-30-32-34-36-39-43-47-51-55-59-63-67-73(78)75-71(70-76)72(77)66-62-58-54-50-46-42-16-14-12-10-8-6-4-2/h18-19,23,25,62,66,71-72,76-77H,3-17,20-22,24,26-61,63-65,67-70H2,1-2H3,(H,75,78)/b19-18-,25-23-,66-62+. The summed E-state index contributed by atoms with van der Waals surface area (Å²) >= 11 is 0. The van der Waals surface area contributed by atoms with Crippen molar-refractivity contribution < 1.29 is 24.5 Å². The third kappa shape index (κ3) is 65.2. The molecule has 0 rings (SSSR count). The summed E-state index contributed by atoms with van der Waals surface area (Å²) in [5.74, 6) is -0.0486. The highest BCUT2D eigenvalue weighted by Gasteiger charge is 2.18. The SMILES string of the molecule is CCCCCCCCC/C=C\CCCCCCCCCC(=O)OCCCCCCCCCCCCCC/C=C\CCCCCCCCCCCCCCCCCCC(=O)NC(CO)C(O)/C=C/CCCCCCCCCCCCC. The first-order valence-corrected chi connectivity index (χ1v) is 36.3. The number of hydrogen-bond acceptors (Lipinski definition) is 5. The van der Waals surface area contributed by atoms with Gasteiger partial charge in [-0.2, -0.15) is 0 Å². The Balaban J connectivity index is 3.35. The van der Waals surface area contributed by atoms with Crippen LogP contribution in [0.15, 0.2) is 36.5 Å². The molecule has 0 fully saturated rings.